The first-order chi connectivity index (χ1) is 9.10. The number of ether oxygens (including phenoxy) is 1. The molecule has 19 heavy (non-hydrogen) atoms. The van der Waals surface area contributed by atoms with Crippen molar-refractivity contribution in [3.63, 3.8) is 0 Å². The fourth-order valence-electron chi connectivity index (χ4n) is 2.72. The van der Waals surface area contributed by atoms with Gasteiger partial charge in [-0.05, 0) is 43.9 Å². The van der Waals surface area contributed by atoms with Crippen molar-refractivity contribution < 1.29 is 14.2 Å². The Morgan fingerprint density at radius 1 is 1.47 bits per heavy atom. The maximum Gasteiger partial charge on any atom is 0.165 e. The molecule has 0 amide bonds. The normalized spacial score (nSPS) is 25.1. The zero-order valence-electron chi connectivity index (χ0n) is 11.5. The van der Waals surface area contributed by atoms with Crippen LogP contribution in [0.2, 0.25) is 0 Å². The predicted octanol–water partition coefficient (Wildman–Crippen LogP) is 2.79. The van der Waals surface area contributed by atoms with Crippen molar-refractivity contribution in [2.75, 3.05) is 7.11 Å². The minimum absolute atomic E-state index is 0.209. The molecule has 3 unspecified atom stereocenters. The van der Waals surface area contributed by atoms with Gasteiger partial charge in [-0.15, -0.1) is 0 Å². The highest BCUT2D eigenvalue weighted by atomic mass is 19.1. The van der Waals surface area contributed by atoms with Crippen LogP contribution < -0.4 is 10.1 Å². The summed E-state index contributed by atoms with van der Waals surface area (Å²) in [5, 5.41) is 13.7. The summed E-state index contributed by atoms with van der Waals surface area (Å²) in [5.41, 5.74) is 0.610. The Hall–Kier alpha value is -1.13. The van der Waals surface area contributed by atoms with Crippen LogP contribution in [0.5, 0.6) is 5.75 Å². The molecule has 3 atom stereocenters. The van der Waals surface area contributed by atoms with Gasteiger partial charge in [0.2, 0.25) is 0 Å². The van der Waals surface area contributed by atoms with Crippen LogP contribution in [-0.4, -0.2) is 24.3 Å². The molecule has 0 spiro atoms. The molecule has 1 heterocycles. The average molecular weight is 267 g/mol. The summed E-state index contributed by atoms with van der Waals surface area (Å²) in [6, 6.07) is 5.45. The Labute approximate surface area is 113 Å². The van der Waals surface area contributed by atoms with Crippen molar-refractivity contribution in [2.24, 2.45) is 0 Å². The van der Waals surface area contributed by atoms with Crippen molar-refractivity contribution in [3.05, 3.63) is 29.6 Å². The third kappa shape index (κ3) is 3.67. The molecule has 2 N–H and O–H groups in total. The van der Waals surface area contributed by atoms with Gasteiger partial charge in [0.1, 0.15) is 0 Å². The second-order valence-electron chi connectivity index (χ2n) is 5.34. The number of methoxy groups -OCH3 is 1. The van der Waals surface area contributed by atoms with E-state index in [1.807, 2.05) is 0 Å². The van der Waals surface area contributed by atoms with Gasteiger partial charge < -0.3 is 15.2 Å². The number of aliphatic hydroxyl groups is 1. The quantitative estimate of drug-likeness (QED) is 0.881. The molecule has 106 valence electrons. The van der Waals surface area contributed by atoms with Gasteiger partial charge in [0, 0.05) is 12.1 Å². The Kier molecular flexibility index (Phi) is 4.77. The molecule has 0 aromatic heterocycles. The van der Waals surface area contributed by atoms with E-state index in [9.17, 15) is 9.50 Å². The number of hydrogen-bond donors (Lipinski definition) is 2. The number of benzene rings is 1. The molecule has 1 aromatic rings. The van der Waals surface area contributed by atoms with Crippen LogP contribution in [0.15, 0.2) is 18.2 Å². The summed E-state index contributed by atoms with van der Waals surface area (Å²) in [4.78, 5) is 0. The Morgan fingerprint density at radius 2 is 2.26 bits per heavy atom. The summed E-state index contributed by atoms with van der Waals surface area (Å²) in [6.45, 7) is 2.16. The first kappa shape index (κ1) is 14.3. The van der Waals surface area contributed by atoms with Crippen molar-refractivity contribution in [2.45, 2.75) is 50.8 Å². The molecule has 4 heteroatoms. The van der Waals surface area contributed by atoms with E-state index in [4.69, 9.17) is 4.74 Å². The largest absolute Gasteiger partial charge is 0.494 e. The lowest BCUT2D eigenvalue weighted by atomic mass is 9.93. The number of piperidine rings is 1. The highest BCUT2D eigenvalue weighted by molar-refractivity contribution is 5.30. The van der Waals surface area contributed by atoms with Gasteiger partial charge >= 0.3 is 0 Å². The Bertz CT molecular complexity index is 425. The maximum atomic E-state index is 13.6. The molecule has 1 fully saturated rings. The van der Waals surface area contributed by atoms with Crippen LogP contribution >= 0.6 is 0 Å². The summed E-state index contributed by atoms with van der Waals surface area (Å²) < 4.78 is 18.5. The lowest BCUT2D eigenvalue weighted by Gasteiger charge is -2.30. The van der Waals surface area contributed by atoms with Crippen LogP contribution in [0.25, 0.3) is 0 Å². The van der Waals surface area contributed by atoms with Gasteiger partial charge in [-0.1, -0.05) is 12.5 Å². The third-order valence-electron chi connectivity index (χ3n) is 3.78. The minimum atomic E-state index is -0.636. The highest BCUT2D eigenvalue weighted by Crippen LogP contribution is 2.26. The van der Waals surface area contributed by atoms with E-state index in [1.165, 1.54) is 26.0 Å². The molecular weight excluding hydrogens is 245 g/mol. The predicted molar refractivity (Wildman–Crippen MR) is 72.8 cm³/mol. The first-order valence-electron chi connectivity index (χ1n) is 6.87. The zero-order chi connectivity index (χ0) is 13.8. The maximum absolute atomic E-state index is 13.6. The van der Waals surface area contributed by atoms with E-state index >= 15 is 0 Å². The number of hydrogen-bond acceptors (Lipinski definition) is 3. The molecule has 2 rings (SSSR count). The standard InChI is InChI=1S/C15H22FNO2/c1-10-4-3-5-12(17-10)9-14(18)11-6-7-15(19-2)13(16)8-11/h6-8,10,12,14,17-18H,3-5,9H2,1-2H3. The molecule has 0 saturated carbocycles. The lowest BCUT2D eigenvalue weighted by molar-refractivity contribution is 0.139. The number of halogens is 1. The van der Waals surface area contributed by atoms with Crippen LogP contribution in [0.1, 0.15) is 44.3 Å². The topological polar surface area (TPSA) is 41.5 Å². The van der Waals surface area contributed by atoms with Gasteiger partial charge in [-0.3, -0.25) is 0 Å². The third-order valence-corrected chi connectivity index (χ3v) is 3.78. The zero-order valence-corrected chi connectivity index (χ0v) is 11.5. The van der Waals surface area contributed by atoms with Crippen molar-refractivity contribution in [3.8, 4) is 5.75 Å². The first-order valence-corrected chi connectivity index (χ1v) is 6.87. The fourth-order valence-corrected chi connectivity index (χ4v) is 2.72. The second kappa shape index (κ2) is 6.35. The van der Waals surface area contributed by atoms with Gasteiger partial charge in [0.25, 0.3) is 0 Å². The van der Waals surface area contributed by atoms with Crippen LogP contribution in [0, 0.1) is 5.82 Å². The molecule has 1 aliphatic heterocycles. The van der Waals surface area contributed by atoms with E-state index in [2.05, 4.69) is 12.2 Å². The van der Waals surface area contributed by atoms with Crippen LogP contribution in [-0.2, 0) is 0 Å². The lowest BCUT2D eigenvalue weighted by Crippen LogP contribution is -2.41. The van der Waals surface area contributed by atoms with Gasteiger partial charge in [0.15, 0.2) is 11.6 Å². The summed E-state index contributed by atoms with van der Waals surface area (Å²) in [5.74, 6) is -0.218. The molecule has 1 saturated heterocycles. The number of aliphatic hydroxyl groups excluding tert-OH is 1. The number of nitrogens with one attached hydrogen (secondary N) is 1. The molecule has 0 aliphatic carbocycles. The van der Waals surface area contributed by atoms with Crippen molar-refractivity contribution in [1.29, 1.82) is 0 Å². The van der Waals surface area contributed by atoms with Gasteiger partial charge in [-0.2, -0.15) is 0 Å². The second-order valence-corrected chi connectivity index (χ2v) is 5.34. The molecule has 0 bridgehead atoms. The smallest absolute Gasteiger partial charge is 0.165 e. The monoisotopic (exact) mass is 267 g/mol. The van der Waals surface area contributed by atoms with E-state index in [-0.39, 0.29) is 5.75 Å². The molecule has 3 nitrogen and oxygen atoms in total. The van der Waals surface area contributed by atoms with Crippen LogP contribution in [0.3, 0.4) is 0 Å². The SMILES string of the molecule is COc1ccc(C(O)CC2CCCC(C)N2)cc1F. The highest BCUT2D eigenvalue weighted by Gasteiger charge is 2.21. The number of rotatable bonds is 4. The van der Waals surface area contributed by atoms with Gasteiger partial charge in [-0.25, -0.2) is 4.39 Å². The van der Waals surface area contributed by atoms with Crippen LogP contribution in [0.4, 0.5) is 4.39 Å². The molecule has 1 aromatic carbocycles. The molecule has 0 radical (unpaired) electrons. The fraction of sp³-hybridized carbons (Fsp3) is 0.600. The van der Waals surface area contributed by atoms with Crippen molar-refractivity contribution >= 4 is 0 Å². The van der Waals surface area contributed by atoms with E-state index in [1.54, 1.807) is 12.1 Å². The summed E-state index contributed by atoms with van der Waals surface area (Å²) >= 11 is 0. The summed E-state index contributed by atoms with van der Waals surface area (Å²) in [7, 11) is 1.43. The van der Waals surface area contributed by atoms with Gasteiger partial charge in [0.05, 0.1) is 13.2 Å². The van der Waals surface area contributed by atoms with E-state index in [0.717, 1.165) is 6.42 Å². The molecular formula is C15H22FNO2. The Balaban J connectivity index is 1.99. The van der Waals surface area contributed by atoms with E-state index < -0.39 is 11.9 Å². The molecule has 1 aliphatic rings. The average Bonchev–Trinajstić information content (AvgIpc) is 2.38. The Morgan fingerprint density at radius 3 is 2.89 bits per heavy atom. The minimum Gasteiger partial charge on any atom is -0.494 e. The summed E-state index contributed by atoms with van der Waals surface area (Å²) in [6.07, 6.45) is 3.42. The van der Waals surface area contributed by atoms with Crippen molar-refractivity contribution in [1.82, 2.24) is 5.32 Å². The van der Waals surface area contributed by atoms with E-state index in [0.29, 0.717) is 24.1 Å².